The molecule has 1 amide bonds. The van der Waals surface area contributed by atoms with Crippen molar-refractivity contribution < 1.29 is 4.79 Å². The molecule has 4 nitrogen and oxygen atoms in total. The molecule has 3 atom stereocenters. The van der Waals surface area contributed by atoms with E-state index in [4.69, 9.17) is 0 Å². The van der Waals surface area contributed by atoms with Crippen LogP contribution < -0.4 is 4.90 Å². The zero-order valence-corrected chi connectivity index (χ0v) is 19.3. The van der Waals surface area contributed by atoms with Crippen molar-refractivity contribution in [2.24, 2.45) is 0 Å². The lowest BCUT2D eigenvalue weighted by atomic mass is 9.94. The molecule has 0 spiro atoms. The van der Waals surface area contributed by atoms with Gasteiger partial charge in [0.05, 0.1) is 0 Å². The third kappa shape index (κ3) is 4.50. The summed E-state index contributed by atoms with van der Waals surface area (Å²) in [6, 6.07) is 21.0. The Morgan fingerprint density at radius 2 is 1.45 bits per heavy atom. The molecule has 0 aromatic heterocycles. The van der Waals surface area contributed by atoms with Crippen LogP contribution in [0.3, 0.4) is 0 Å². The van der Waals surface area contributed by atoms with Crippen LogP contribution in [0, 0.1) is 0 Å². The number of rotatable bonds is 8. The second-order valence-electron chi connectivity index (χ2n) is 8.98. The van der Waals surface area contributed by atoms with Crippen LogP contribution >= 0.6 is 0 Å². The molecule has 2 heterocycles. The summed E-state index contributed by atoms with van der Waals surface area (Å²) in [7, 11) is 0. The van der Waals surface area contributed by atoms with Crippen LogP contribution in [0.15, 0.2) is 54.6 Å². The molecule has 2 saturated heterocycles. The fourth-order valence-electron chi connectivity index (χ4n) is 5.70. The van der Waals surface area contributed by atoms with Gasteiger partial charge in [0.2, 0.25) is 0 Å². The van der Waals surface area contributed by atoms with Gasteiger partial charge in [-0.3, -0.25) is 9.69 Å². The van der Waals surface area contributed by atoms with Crippen molar-refractivity contribution in [3.8, 4) is 0 Å². The molecule has 0 saturated carbocycles. The maximum atomic E-state index is 12.8. The third-order valence-electron chi connectivity index (χ3n) is 7.18. The molecule has 2 fully saturated rings. The Balaban J connectivity index is 1.61. The van der Waals surface area contributed by atoms with Gasteiger partial charge in [-0.1, -0.05) is 25.1 Å². The summed E-state index contributed by atoms with van der Waals surface area (Å²) in [5.41, 5.74) is 3.22. The van der Waals surface area contributed by atoms with E-state index in [1.54, 1.807) is 0 Å². The highest BCUT2D eigenvalue weighted by Gasteiger charge is 2.42. The van der Waals surface area contributed by atoms with Crippen LogP contribution in [0.1, 0.15) is 63.2 Å². The second-order valence-corrected chi connectivity index (χ2v) is 8.98. The predicted molar refractivity (Wildman–Crippen MR) is 129 cm³/mol. The SMILES string of the molecule is CCCN1[C@@H]2CC[C@H]1CC(N(c1ccccc1)c1ccc(C(=O)N(CC)CC)cc1)C2. The lowest BCUT2D eigenvalue weighted by Crippen LogP contribution is -2.49. The van der Waals surface area contributed by atoms with Gasteiger partial charge in [-0.05, 0) is 88.9 Å². The lowest BCUT2D eigenvalue weighted by Gasteiger charge is -2.44. The van der Waals surface area contributed by atoms with Gasteiger partial charge >= 0.3 is 0 Å². The molecule has 2 aliphatic rings. The van der Waals surface area contributed by atoms with Gasteiger partial charge in [0.1, 0.15) is 0 Å². The molecular formula is C27H37N3O. The summed E-state index contributed by atoms with van der Waals surface area (Å²) in [5, 5.41) is 0. The average Bonchev–Trinajstić information content (AvgIpc) is 3.03. The van der Waals surface area contributed by atoms with Gasteiger partial charge in [0.15, 0.2) is 0 Å². The minimum Gasteiger partial charge on any atom is -0.339 e. The number of benzene rings is 2. The molecule has 2 aromatic rings. The number of anilines is 2. The number of carbonyl (C=O) groups excluding carboxylic acids is 1. The summed E-state index contributed by atoms with van der Waals surface area (Å²) in [6.07, 6.45) is 6.33. The van der Waals surface area contributed by atoms with Gasteiger partial charge < -0.3 is 9.80 Å². The molecule has 0 N–H and O–H groups in total. The monoisotopic (exact) mass is 419 g/mol. The second kappa shape index (κ2) is 9.86. The van der Waals surface area contributed by atoms with Crippen LogP contribution in [-0.2, 0) is 0 Å². The van der Waals surface area contributed by atoms with Crippen molar-refractivity contribution >= 4 is 17.3 Å². The van der Waals surface area contributed by atoms with E-state index in [0.717, 1.165) is 18.7 Å². The standard InChI is InChI=1S/C27H37N3O/c1-4-18-29-24-16-17-25(29)20-26(19-24)30(22-10-8-7-9-11-22)23-14-12-21(13-15-23)27(31)28(5-2)6-3/h7-15,24-26H,4-6,16-20H2,1-3H3/t24-,25+,26?. The number of carbonyl (C=O) groups is 1. The number of amides is 1. The smallest absolute Gasteiger partial charge is 0.253 e. The quantitative estimate of drug-likeness (QED) is 0.548. The van der Waals surface area contributed by atoms with Crippen molar-refractivity contribution in [2.75, 3.05) is 24.5 Å². The Morgan fingerprint density at radius 3 is 2.00 bits per heavy atom. The van der Waals surface area contributed by atoms with E-state index < -0.39 is 0 Å². The Hall–Kier alpha value is -2.33. The number of hydrogen-bond donors (Lipinski definition) is 0. The molecule has 0 aliphatic carbocycles. The van der Waals surface area contributed by atoms with Crippen LogP contribution in [0.2, 0.25) is 0 Å². The Kier molecular flexibility index (Phi) is 6.96. The maximum absolute atomic E-state index is 12.8. The summed E-state index contributed by atoms with van der Waals surface area (Å²) in [4.78, 5) is 19.9. The fourth-order valence-corrected chi connectivity index (χ4v) is 5.70. The molecule has 31 heavy (non-hydrogen) atoms. The van der Waals surface area contributed by atoms with Crippen molar-refractivity contribution in [2.45, 2.75) is 71.0 Å². The van der Waals surface area contributed by atoms with Gasteiger partial charge in [-0.25, -0.2) is 0 Å². The highest BCUT2D eigenvalue weighted by atomic mass is 16.2. The van der Waals surface area contributed by atoms with E-state index in [2.05, 4.69) is 59.2 Å². The minimum absolute atomic E-state index is 0.119. The number of hydrogen-bond acceptors (Lipinski definition) is 3. The summed E-state index contributed by atoms with van der Waals surface area (Å²) in [5.74, 6) is 0.119. The van der Waals surface area contributed by atoms with Crippen LogP contribution in [-0.4, -0.2) is 53.5 Å². The average molecular weight is 420 g/mol. The molecule has 2 aromatic carbocycles. The minimum atomic E-state index is 0.119. The highest BCUT2D eigenvalue weighted by Crippen LogP contribution is 2.41. The number of nitrogens with zero attached hydrogens (tertiary/aromatic N) is 3. The normalized spacial score (nSPS) is 23.0. The zero-order chi connectivity index (χ0) is 21.8. The molecule has 4 heteroatoms. The summed E-state index contributed by atoms with van der Waals surface area (Å²) in [6.45, 7) is 9.08. The molecule has 2 aliphatic heterocycles. The summed E-state index contributed by atoms with van der Waals surface area (Å²) >= 11 is 0. The topological polar surface area (TPSA) is 26.8 Å². The first-order valence-corrected chi connectivity index (χ1v) is 12.2. The Labute approximate surface area is 187 Å². The first-order chi connectivity index (χ1) is 15.2. The van der Waals surface area contributed by atoms with Crippen LogP contribution in [0.5, 0.6) is 0 Å². The Bertz CT molecular complexity index is 833. The van der Waals surface area contributed by atoms with Crippen molar-refractivity contribution in [3.63, 3.8) is 0 Å². The predicted octanol–water partition coefficient (Wildman–Crippen LogP) is 5.71. The first kappa shape index (κ1) is 21.9. The molecule has 166 valence electrons. The van der Waals surface area contributed by atoms with E-state index in [-0.39, 0.29) is 5.91 Å². The summed E-state index contributed by atoms with van der Waals surface area (Å²) < 4.78 is 0. The van der Waals surface area contributed by atoms with E-state index in [0.29, 0.717) is 18.1 Å². The molecular weight excluding hydrogens is 382 g/mol. The van der Waals surface area contributed by atoms with E-state index >= 15 is 0 Å². The largest absolute Gasteiger partial charge is 0.339 e. The number of fused-ring (bicyclic) bond motifs is 2. The van der Waals surface area contributed by atoms with Crippen molar-refractivity contribution in [1.82, 2.24) is 9.80 Å². The fraction of sp³-hybridized carbons (Fsp3) is 0.519. The maximum Gasteiger partial charge on any atom is 0.253 e. The van der Waals surface area contributed by atoms with Gasteiger partial charge in [-0.2, -0.15) is 0 Å². The van der Waals surface area contributed by atoms with Crippen LogP contribution in [0.25, 0.3) is 0 Å². The van der Waals surface area contributed by atoms with E-state index in [1.165, 1.54) is 50.0 Å². The highest BCUT2D eigenvalue weighted by molar-refractivity contribution is 5.94. The van der Waals surface area contributed by atoms with Gasteiger partial charge in [0.25, 0.3) is 5.91 Å². The molecule has 1 unspecified atom stereocenters. The molecule has 0 radical (unpaired) electrons. The van der Waals surface area contributed by atoms with Crippen molar-refractivity contribution in [3.05, 3.63) is 60.2 Å². The molecule has 4 rings (SSSR count). The Morgan fingerprint density at radius 1 is 0.871 bits per heavy atom. The van der Waals surface area contributed by atoms with Crippen molar-refractivity contribution in [1.29, 1.82) is 0 Å². The van der Waals surface area contributed by atoms with E-state index in [9.17, 15) is 4.79 Å². The number of piperidine rings is 1. The van der Waals surface area contributed by atoms with Gasteiger partial charge in [-0.15, -0.1) is 0 Å². The number of para-hydroxylation sites is 1. The lowest BCUT2D eigenvalue weighted by molar-refractivity contribution is 0.0773. The van der Waals surface area contributed by atoms with E-state index in [1.807, 2.05) is 30.9 Å². The first-order valence-electron chi connectivity index (χ1n) is 12.2. The van der Waals surface area contributed by atoms with Crippen LogP contribution in [0.4, 0.5) is 11.4 Å². The third-order valence-corrected chi connectivity index (χ3v) is 7.18. The zero-order valence-electron chi connectivity index (χ0n) is 19.3. The van der Waals surface area contributed by atoms with Gasteiger partial charge in [0, 0.05) is 48.2 Å². The molecule has 2 bridgehead atoms.